The van der Waals surface area contributed by atoms with Crippen LogP contribution in [0, 0.1) is 19.8 Å². The van der Waals surface area contributed by atoms with Gasteiger partial charge in [0, 0.05) is 111 Å². The second-order valence-corrected chi connectivity index (χ2v) is 3.36. The van der Waals surface area contributed by atoms with Gasteiger partial charge in [0.15, 0.2) is 0 Å². The van der Waals surface area contributed by atoms with Crippen LogP contribution in [0.4, 0.5) is 0 Å². The maximum atomic E-state index is 4.03. The summed E-state index contributed by atoms with van der Waals surface area (Å²) in [5.74, 6) is 0.662. The van der Waals surface area contributed by atoms with Crippen LogP contribution in [0.1, 0.15) is 12.8 Å². The molecule has 0 saturated carbocycles. The number of nitrogens with zero attached hydrogens (tertiary/aromatic N) is 1. The zero-order valence-electron chi connectivity index (χ0n) is 12.2. The Morgan fingerprint density at radius 3 is 1.75 bits per heavy atom. The van der Waals surface area contributed by atoms with Gasteiger partial charge in [-0.05, 0) is 26.6 Å². The molecule has 2 nitrogen and oxygen atoms in total. The maximum absolute atomic E-state index is 4.03. The standard InChI is InChI=1S/C7H14BN.C3H8N.7V/c1-7-4-3-5-9(6-7)8-2;1-3-4-2;;;;;;;/h7H,1,3-6H2,2H3;4H,1,3H2,2H3;;;;;;;/q2*-1;;;;;;;+2. The Bertz CT molecular complexity index is 126. The average molecular weight is 538 g/mol. The van der Waals surface area contributed by atoms with Crippen molar-refractivity contribution in [2.75, 3.05) is 26.7 Å². The minimum Gasteiger partial charge on any atom is -0.349 e. The fourth-order valence-electron chi connectivity index (χ4n) is 1.33. The van der Waals surface area contributed by atoms with Crippen molar-refractivity contribution >= 4 is 7.41 Å². The van der Waals surface area contributed by atoms with Crippen molar-refractivity contribution in [1.29, 1.82) is 0 Å². The third kappa shape index (κ3) is 33.6. The van der Waals surface area contributed by atoms with E-state index in [4.69, 9.17) is 0 Å². The molecule has 1 fully saturated rings. The fraction of sp³-hybridized carbons (Fsp3) is 0.800. The van der Waals surface area contributed by atoms with E-state index in [2.05, 4.69) is 38.2 Å². The summed E-state index contributed by atoms with van der Waals surface area (Å²) in [6, 6.07) is 0. The van der Waals surface area contributed by atoms with Crippen LogP contribution in [-0.2, 0) is 130 Å². The molecule has 1 heterocycles. The monoisotopic (exact) mass is 538 g/mol. The van der Waals surface area contributed by atoms with Gasteiger partial charge in [0.05, 0.1) is 0 Å². The molecular weight excluding hydrogens is 516 g/mol. The van der Waals surface area contributed by atoms with E-state index in [0.717, 1.165) is 13.1 Å². The molecule has 0 aromatic heterocycles. The molecule has 10 heteroatoms. The molecule has 0 amide bonds. The molecule has 1 aliphatic rings. The van der Waals surface area contributed by atoms with Gasteiger partial charge in [0.2, 0.25) is 7.41 Å². The van der Waals surface area contributed by atoms with E-state index in [1.807, 2.05) is 7.05 Å². The number of piperidine rings is 1. The first kappa shape index (κ1) is 49.6. The molecule has 1 aliphatic heterocycles. The molecule has 110 valence electrons. The van der Waals surface area contributed by atoms with Gasteiger partial charge < -0.3 is 24.0 Å². The van der Waals surface area contributed by atoms with Gasteiger partial charge in [0.1, 0.15) is 0 Å². The van der Waals surface area contributed by atoms with Crippen LogP contribution in [0.25, 0.3) is 0 Å². The van der Waals surface area contributed by atoms with Gasteiger partial charge in [-0.1, -0.05) is 13.2 Å². The van der Waals surface area contributed by atoms with E-state index in [1.165, 1.54) is 19.4 Å². The van der Waals surface area contributed by atoms with Crippen molar-refractivity contribution in [1.82, 2.24) is 10.1 Å². The predicted molar refractivity (Wildman–Crippen MR) is 60.6 cm³/mol. The van der Waals surface area contributed by atoms with Gasteiger partial charge in [-0.2, -0.15) is 5.92 Å². The molecule has 1 rings (SSSR count). The molecule has 0 bridgehead atoms. The third-order valence-electron chi connectivity index (χ3n) is 2.17. The summed E-state index contributed by atoms with van der Waals surface area (Å²) in [5.41, 5.74) is 0. The minimum absolute atomic E-state index is 0. The largest absolute Gasteiger partial charge is 2.00 e. The Kier molecular flexibility index (Phi) is 95.7. The summed E-state index contributed by atoms with van der Waals surface area (Å²) in [6.07, 6.45) is 2.63. The summed E-state index contributed by atoms with van der Waals surface area (Å²) >= 11 is 0. The number of nitrogens with one attached hydrogen (secondary N) is 1. The second kappa shape index (κ2) is 38.6. The smallest absolute Gasteiger partial charge is 0.349 e. The summed E-state index contributed by atoms with van der Waals surface area (Å²) in [6.45, 7) is 12.8. The van der Waals surface area contributed by atoms with Crippen molar-refractivity contribution in [3.05, 3.63) is 13.8 Å². The maximum Gasteiger partial charge on any atom is 2.00 e. The molecule has 0 aromatic rings. The zero-order chi connectivity index (χ0) is 10.1. The molecule has 0 aromatic carbocycles. The Morgan fingerprint density at radius 1 is 1.15 bits per heavy atom. The predicted octanol–water partition coefficient (Wildman–Crippen LogP) is 1.22. The topological polar surface area (TPSA) is 15.3 Å². The van der Waals surface area contributed by atoms with E-state index in [0.29, 0.717) is 5.92 Å². The molecular formula is C10H22BN2V7. The van der Waals surface area contributed by atoms with Crippen molar-refractivity contribution in [2.24, 2.45) is 5.92 Å². The van der Waals surface area contributed by atoms with Crippen molar-refractivity contribution in [3.63, 3.8) is 0 Å². The molecule has 20 heavy (non-hydrogen) atoms. The first-order chi connectivity index (χ1) is 6.24. The van der Waals surface area contributed by atoms with Crippen LogP contribution in [-0.4, -0.2) is 38.9 Å². The molecule has 1 unspecified atom stereocenters. The van der Waals surface area contributed by atoms with Crippen LogP contribution < -0.4 is 5.32 Å². The molecule has 0 spiro atoms. The van der Waals surface area contributed by atoms with E-state index in [-0.39, 0.29) is 130 Å². The normalized spacial score (nSPS) is 15.1. The van der Waals surface area contributed by atoms with Crippen LogP contribution >= 0.6 is 0 Å². The summed E-state index contributed by atoms with van der Waals surface area (Å²) in [7, 11) is 4.03. The van der Waals surface area contributed by atoms with E-state index in [1.54, 1.807) is 0 Å². The summed E-state index contributed by atoms with van der Waals surface area (Å²) in [5, 5.41) is 2.82. The van der Waals surface area contributed by atoms with Crippen LogP contribution in [0.3, 0.4) is 0 Å². The van der Waals surface area contributed by atoms with Gasteiger partial charge in [-0.15, -0.1) is 6.54 Å². The fourth-order valence-corrected chi connectivity index (χ4v) is 1.33. The van der Waals surface area contributed by atoms with Crippen molar-refractivity contribution in [3.8, 4) is 0 Å². The van der Waals surface area contributed by atoms with Gasteiger partial charge in [-0.3, -0.25) is 0 Å². The zero-order valence-corrected chi connectivity index (χ0v) is 22.0. The number of hydrogen-bond donors (Lipinski definition) is 1. The van der Waals surface area contributed by atoms with E-state index >= 15 is 0 Å². The average Bonchev–Trinajstić information content (AvgIpc) is 2.18. The summed E-state index contributed by atoms with van der Waals surface area (Å²) in [4.78, 5) is 2.35. The quantitative estimate of drug-likeness (QED) is 0.421. The second-order valence-electron chi connectivity index (χ2n) is 3.36. The van der Waals surface area contributed by atoms with Gasteiger partial charge in [0.25, 0.3) is 0 Å². The van der Waals surface area contributed by atoms with Crippen LogP contribution in [0.2, 0.25) is 6.82 Å². The Labute approximate surface area is 210 Å². The third-order valence-corrected chi connectivity index (χ3v) is 2.17. The van der Waals surface area contributed by atoms with Gasteiger partial charge in [-0.25, -0.2) is 0 Å². The van der Waals surface area contributed by atoms with Gasteiger partial charge >= 0.3 is 18.6 Å². The Balaban J connectivity index is -0.0000000201. The van der Waals surface area contributed by atoms with E-state index in [9.17, 15) is 0 Å². The molecule has 1 atom stereocenters. The molecule has 0 aliphatic carbocycles. The Morgan fingerprint density at radius 2 is 1.55 bits per heavy atom. The molecule has 8 radical (unpaired) electrons. The van der Waals surface area contributed by atoms with E-state index < -0.39 is 0 Å². The summed E-state index contributed by atoms with van der Waals surface area (Å²) < 4.78 is 0. The van der Waals surface area contributed by atoms with Crippen molar-refractivity contribution < 1.29 is 130 Å². The molecule has 1 N–H and O–H groups in total. The van der Waals surface area contributed by atoms with Crippen LogP contribution in [0.15, 0.2) is 0 Å². The first-order valence-corrected chi connectivity index (χ1v) is 5.05. The van der Waals surface area contributed by atoms with Crippen LogP contribution in [0.5, 0.6) is 0 Å². The minimum atomic E-state index is 0. The number of hydrogen-bond acceptors (Lipinski definition) is 2. The first-order valence-electron chi connectivity index (χ1n) is 5.05. The SMILES string of the molecule is [CH2-]C1CCCN([B]C)C1.[CH2-]CNC.[V+2].[V].[V].[V].[V].[V].[V]. The van der Waals surface area contributed by atoms with Crippen molar-refractivity contribution in [2.45, 2.75) is 19.7 Å². The number of rotatable bonds is 2. The Hall–Kier alpha value is 4.08. The molecule has 1 saturated heterocycles.